The van der Waals surface area contributed by atoms with Crippen LogP contribution in [-0.4, -0.2) is 11.1 Å². The van der Waals surface area contributed by atoms with E-state index in [1.165, 1.54) is 12.2 Å². The van der Waals surface area contributed by atoms with Crippen molar-refractivity contribution in [2.45, 2.75) is 26.6 Å². The van der Waals surface area contributed by atoms with Gasteiger partial charge in [0.25, 0.3) is 5.91 Å². The van der Waals surface area contributed by atoms with Gasteiger partial charge in [-0.1, -0.05) is 17.3 Å². The Morgan fingerprint density at radius 1 is 1.06 bits per heavy atom. The molecule has 0 saturated carbocycles. The van der Waals surface area contributed by atoms with Crippen molar-refractivity contribution in [3.8, 4) is 5.75 Å². The maximum absolute atomic E-state index is 14.1. The second-order valence-electron chi connectivity index (χ2n) is 6.63. The van der Waals surface area contributed by atoms with Gasteiger partial charge in [-0.2, -0.15) is 13.2 Å². The molecule has 0 aliphatic heterocycles. The number of alkyl halides is 3. The van der Waals surface area contributed by atoms with Crippen LogP contribution in [-0.2, 0) is 12.8 Å². The number of aromatic nitrogens is 1. The highest BCUT2D eigenvalue weighted by atomic mass is 19.4. The number of amides is 1. The van der Waals surface area contributed by atoms with Crippen molar-refractivity contribution in [3.63, 3.8) is 0 Å². The Labute approximate surface area is 175 Å². The van der Waals surface area contributed by atoms with Crippen molar-refractivity contribution >= 4 is 11.6 Å². The zero-order valence-corrected chi connectivity index (χ0v) is 16.3. The maximum atomic E-state index is 14.1. The first kappa shape index (κ1) is 23.1. The third-order valence-corrected chi connectivity index (χ3v) is 4.36. The van der Waals surface area contributed by atoms with Crippen molar-refractivity contribution < 1.29 is 44.8 Å². The number of rotatable bonds is 5. The van der Waals surface area contributed by atoms with Gasteiger partial charge >= 0.3 is 6.18 Å². The van der Waals surface area contributed by atoms with E-state index in [0.717, 1.165) is 5.56 Å². The van der Waals surface area contributed by atoms with Gasteiger partial charge in [0.1, 0.15) is 29.4 Å². The van der Waals surface area contributed by atoms with Crippen LogP contribution in [0.5, 0.6) is 5.75 Å². The molecule has 2 aromatic carbocycles. The van der Waals surface area contributed by atoms with Crippen LogP contribution in [0.25, 0.3) is 0 Å². The zero-order chi connectivity index (χ0) is 23.8. The van der Waals surface area contributed by atoms with E-state index < -0.39 is 52.3 Å². The van der Waals surface area contributed by atoms with Crippen LogP contribution < -0.4 is 10.1 Å². The molecule has 3 aromatic rings. The van der Waals surface area contributed by atoms with Crippen molar-refractivity contribution in [3.05, 3.63) is 75.7 Å². The number of benzene rings is 2. The molecule has 5 nitrogen and oxygen atoms in total. The average molecular weight is 462 g/mol. The lowest BCUT2D eigenvalue weighted by Gasteiger charge is -2.14. The fourth-order valence-corrected chi connectivity index (χ4v) is 2.76. The Morgan fingerprint density at radius 2 is 1.69 bits per heavy atom. The van der Waals surface area contributed by atoms with Gasteiger partial charge < -0.3 is 14.6 Å². The largest absolute Gasteiger partial charge is 0.489 e. The Morgan fingerprint density at radius 3 is 2.25 bits per heavy atom. The number of ether oxygens (including phenoxy) is 1. The SMILES string of the molecule is Cc1cccc(OCc2c(C(=O)Nc3c(F)c(F)c(C(F)(F)F)c(F)c3F)noc2C)c1. The number of carbonyl (C=O) groups excluding carboxylic acids is 1. The summed E-state index contributed by atoms with van der Waals surface area (Å²) in [6.07, 6.45) is -5.71. The maximum Gasteiger partial charge on any atom is 0.422 e. The summed E-state index contributed by atoms with van der Waals surface area (Å²) in [5, 5.41) is 4.93. The standard InChI is InChI=1S/C20H13F7N2O3/c1-8-4-3-5-10(6-8)31-7-11-9(2)32-29-17(11)19(30)28-18-15(23)13(21)12(20(25,26)27)14(22)16(18)24/h3-6H,7H2,1-2H3,(H,28,30). The minimum Gasteiger partial charge on any atom is -0.489 e. The quantitative estimate of drug-likeness (QED) is 0.391. The summed E-state index contributed by atoms with van der Waals surface area (Å²) in [5.74, 6) is -11.1. The number of carbonyl (C=O) groups is 1. The molecule has 1 aromatic heterocycles. The molecule has 0 bridgehead atoms. The lowest BCUT2D eigenvalue weighted by atomic mass is 10.1. The van der Waals surface area contributed by atoms with Crippen LogP contribution in [0.1, 0.15) is 32.9 Å². The topological polar surface area (TPSA) is 64.4 Å². The van der Waals surface area contributed by atoms with Gasteiger partial charge in [-0.05, 0) is 31.5 Å². The van der Waals surface area contributed by atoms with Crippen LogP contribution >= 0.6 is 0 Å². The summed E-state index contributed by atoms with van der Waals surface area (Å²) >= 11 is 0. The first-order valence-corrected chi connectivity index (χ1v) is 8.81. The monoisotopic (exact) mass is 462 g/mol. The first-order valence-electron chi connectivity index (χ1n) is 8.81. The first-order chi connectivity index (χ1) is 14.9. The number of nitrogens with one attached hydrogen (secondary N) is 1. The third kappa shape index (κ3) is 4.39. The van der Waals surface area contributed by atoms with Gasteiger partial charge in [0.05, 0.1) is 5.56 Å². The molecule has 0 atom stereocenters. The molecule has 1 amide bonds. The number of nitrogens with zero attached hydrogens (tertiary/aromatic N) is 1. The lowest BCUT2D eigenvalue weighted by molar-refractivity contribution is -0.143. The predicted octanol–water partition coefficient (Wildman–Crippen LogP) is 5.70. The Kier molecular flexibility index (Phi) is 6.15. The summed E-state index contributed by atoms with van der Waals surface area (Å²) in [6.45, 7) is 2.93. The van der Waals surface area contributed by atoms with Crippen molar-refractivity contribution in [2.24, 2.45) is 0 Å². The molecule has 0 spiro atoms. The Hall–Kier alpha value is -3.57. The molecule has 0 radical (unpaired) electrons. The minimum atomic E-state index is -5.71. The molecule has 0 fully saturated rings. The molecule has 170 valence electrons. The molecule has 32 heavy (non-hydrogen) atoms. The van der Waals surface area contributed by atoms with Crippen LogP contribution in [0.4, 0.5) is 36.4 Å². The Bertz CT molecular complexity index is 1160. The highest BCUT2D eigenvalue weighted by Crippen LogP contribution is 2.38. The summed E-state index contributed by atoms with van der Waals surface area (Å²) in [4.78, 5) is 12.4. The van der Waals surface area contributed by atoms with E-state index in [2.05, 4.69) is 5.16 Å². The van der Waals surface area contributed by atoms with Crippen molar-refractivity contribution in [1.29, 1.82) is 0 Å². The molecular weight excluding hydrogens is 449 g/mol. The number of hydrogen-bond acceptors (Lipinski definition) is 4. The molecule has 12 heteroatoms. The number of anilines is 1. The van der Waals surface area contributed by atoms with Gasteiger partial charge in [0.15, 0.2) is 29.0 Å². The van der Waals surface area contributed by atoms with E-state index in [9.17, 15) is 35.5 Å². The van der Waals surface area contributed by atoms with E-state index in [4.69, 9.17) is 9.26 Å². The normalized spacial score (nSPS) is 11.5. The van der Waals surface area contributed by atoms with E-state index >= 15 is 0 Å². The molecule has 0 aliphatic carbocycles. The average Bonchev–Trinajstić information content (AvgIpc) is 3.07. The van der Waals surface area contributed by atoms with Gasteiger partial charge in [-0.3, -0.25) is 4.79 Å². The molecule has 0 saturated heterocycles. The van der Waals surface area contributed by atoms with Crippen LogP contribution in [0.15, 0.2) is 28.8 Å². The molecule has 3 rings (SSSR count). The van der Waals surface area contributed by atoms with Crippen molar-refractivity contribution in [2.75, 3.05) is 5.32 Å². The zero-order valence-electron chi connectivity index (χ0n) is 16.3. The summed E-state index contributed by atoms with van der Waals surface area (Å²) in [7, 11) is 0. The van der Waals surface area contributed by atoms with Crippen molar-refractivity contribution in [1.82, 2.24) is 5.16 Å². The van der Waals surface area contributed by atoms with E-state index in [1.807, 2.05) is 13.0 Å². The van der Waals surface area contributed by atoms with E-state index in [-0.39, 0.29) is 17.9 Å². The molecule has 1 N–H and O–H groups in total. The van der Waals surface area contributed by atoms with Gasteiger partial charge in [0.2, 0.25) is 0 Å². The Balaban J connectivity index is 1.90. The molecule has 0 unspecified atom stereocenters. The van der Waals surface area contributed by atoms with Gasteiger partial charge in [-0.25, -0.2) is 17.6 Å². The fourth-order valence-electron chi connectivity index (χ4n) is 2.76. The molecule has 1 heterocycles. The van der Waals surface area contributed by atoms with Crippen LogP contribution in [0, 0.1) is 37.1 Å². The summed E-state index contributed by atoms with van der Waals surface area (Å²) < 4.78 is 104. The number of halogens is 7. The summed E-state index contributed by atoms with van der Waals surface area (Å²) in [5.41, 5.74) is -4.13. The third-order valence-electron chi connectivity index (χ3n) is 4.36. The van der Waals surface area contributed by atoms with E-state index in [1.54, 1.807) is 18.2 Å². The van der Waals surface area contributed by atoms with Crippen LogP contribution in [0.3, 0.4) is 0 Å². The second-order valence-corrected chi connectivity index (χ2v) is 6.63. The minimum absolute atomic E-state index is 0.0395. The van der Waals surface area contributed by atoms with Gasteiger partial charge in [0, 0.05) is 0 Å². The highest BCUT2D eigenvalue weighted by Gasteiger charge is 2.42. The summed E-state index contributed by atoms with van der Waals surface area (Å²) in [6, 6.07) is 6.81. The molecule has 0 aliphatic rings. The fraction of sp³-hybridized carbons (Fsp3) is 0.200. The number of aryl methyl sites for hydroxylation is 2. The number of hydrogen-bond donors (Lipinski definition) is 1. The van der Waals surface area contributed by atoms with Gasteiger partial charge in [-0.15, -0.1) is 0 Å². The predicted molar refractivity (Wildman–Crippen MR) is 96.0 cm³/mol. The molecular formula is C20H13F7N2O3. The smallest absolute Gasteiger partial charge is 0.422 e. The van der Waals surface area contributed by atoms with E-state index in [0.29, 0.717) is 5.75 Å². The lowest BCUT2D eigenvalue weighted by Crippen LogP contribution is -2.21. The highest BCUT2D eigenvalue weighted by molar-refractivity contribution is 6.04. The second kappa shape index (κ2) is 8.52. The van der Waals surface area contributed by atoms with Crippen LogP contribution in [0.2, 0.25) is 0 Å².